The Bertz CT molecular complexity index is 660. The highest BCUT2D eigenvalue weighted by molar-refractivity contribution is 8.14. The molecule has 1 aromatic heterocycles. The number of carbonyl (C=O) groups is 2. The minimum Gasteiger partial charge on any atom is -0.273 e. The molecule has 0 unspecified atom stereocenters. The van der Waals surface area contributed by atoms with E-state index in [4.69, 9.17) is 0 Å². The maximum Gasteiger partial charge on any atom is 0.289 e. The smallest absolute Gasteiger partial charge is 0.273 e. The van der Waals surface area contributed by atoms with Gasteiger partial charge < -0.3 is 0 Å². The Morgan fingerprint density at radius 3 is 2.45 bits per heavy atom. The quantitative estimate of drug-likeness (QED) is 0.829. The highest BCUT2D eigenvalue weighted by Crippen LogP contribution is 2.31. The molecule has 0 N–H and O–H groups in total. The molecule has 0 spiro atoms. The van der Waals surface area contributed by atoms with Gasteiger partial charge in [0.2, 0.25) is 5.91 Å². The number of hydrogen-bond donors (Lipinski definition) is 0. The number of amides is 2. The van der Waals surface area contributed by atoms with Crippen molar-refractivity contribution >= 4 is 44.3 Å². The number of hydrogen-bond acceptors (Lipinski definition) is 6. The average molecular weight is 332 g/mol. The van der Waals surface area contributed by atoms with E-state index in [1.165, 1.54) is 20.5 Å². The van der Waals surface area contributed by atoms with Crippen LogP contribution in [0.4, 0.5) is 4.79 Å². The van der Waals surface area contributed by atoms with Crippen LogP contribution in [-0.2, 0) is 14.8 Å². The number of rotatable bonds is 3. The fourth-order valence-corrected chi connectivity index (χ4v) is 5.90. The van der Waals surface area contributed by atoms with E-state index in [0.717, 1.165) is 16.6 Å². The Morgan fingerprint density at radius 1 is 1.25 bits per heavy atom. The molecular weight excluding hydrogens is 320 g/mol. The molecule has 20 heavy (non-hydrogen) atoms. The van der Waals surface area contributed by atoms with E-state index in [-0.39, 0.29) is 36.0 Å². The van der Waals surface area contributed by atoms with Crippen molar-refractivity contribution in [3.8, 4) is 0 Å². The third kappa shape index (κ3) is 2.18. The molecule has 2 saturated heterocycles. The summed E-state index contributed by atoms with van der Waals surface area (Å²) in [5.41, 5.74) is 0. The van der Waals surface area contributed by atoms with Crippen molar-refractivity contribution in [2.45, 2.75) is 17.2 Å². The summed E-state index contributed by atoms with van der Waals surface area (Å²) in [5, 5.41) is -0.274. The van der Waals surface area contributed by atoms with Crippen molar-refractivity contribution in [3.63, 3.8) is 0 Å². The highest BCUT2D eigenvalue weighted by Gasteiger charge is 2.46. The van der Waals surface area contributed by atoms with Gasteiger partial charge in [0.05, 0.1) is 11.8 Å². The van der Waals surface area contributed by atoms with Crippen LogP contribution in [0.15, 0.2) is 16.3 Å². The fourth-order valence-electron chi connectivity index (χ4n) is 2.17. The molecule has 2 aliphatic heterocycles. The van der Waals surface area contributed by atoms with Crippen molar-refractivity contribution in [3.05, 3.63) is 17.0 Å². The Kier molecular flexibility index (Phi) is 3.39. The number of imide groups is 1. The standard InChI is InChI=1S/C11H12N2O4S3/c1-7-2-3-10(19-7)20(16,17)12-4-8(5-12)13-9(14)6-18-11(13)15/h2-3,8H,4-6H2,1H3. The first-order valence-electron chi connectivity index (χ1n) is 5.95. The van der Waals surface area contributed by atoms with Crippen molar-refractivity contribution in [1.82, 2.24) is 9.21 Å². The molecule has 2 fully saturated rings. The van der Waals surface area contributed by atoms with Crippen molar-refractivity contribution in [2.24, 2.45) is 0 Å². The van der Waals surface area contributed by atoms with Crippen LogP contribution in [0.1, 0.15) is 4.88 Å². The predicted octanol–water partition coefficient (Wildman–Crippen LogP) is 1.12. The summed E-state index contributed by atoms with van der Waals surface area (Å²) >= 11 is 2.20. The number of carbonyl (C=O) groups excluding carboxylic acids is 2. The Morgan fingerprint density at radius 2 is 1.95 bits per heavy atom. The summed E-state index contributed by atoms with van der Waals surface area (Å²) < 4.78 is 26.2. The maximum absolute atomic E-state index is 12.3. The molecule has 0 aliphatic carbocycles. The molecule has 2 amide bonds. The van der Waals surface area contributed by atoms with E-state index in [1.54, 1.807) is 12.1 Å². The fraction of sp³-hybridized carbons (Fsp3) is 0.455. The lowest BCUT2D eigenvalue weighted by molar-refractivity contribution is -0.127. The first-order chi connectivity index (χ1) is 9.39. The van der Waals surface area contributed by atoms with Gasteiger partial charge in [-0.25, -0.2) is 8.42 Å². The second-order valence-electron chi connectivity index (χ2n) is 4.66. The van der Waals surface area contributed by atoms with Gasteiger partial charge in [0.15, 0.2) is 0 Å². The Balaban J connectivity index is 1.71. The van der Waals surface area contributed by atoms with Crippen LogP contribution in [0, 0.1) is 6.92 Å². The van der Waals surface area contributed by atoms with Crippen LogP contribution in [0.5, 0.6) is 0 Å². The van der Waals surface area contributed by atoms with Crippen molar-refractivity contribution in [1.29, 1.82) is 0 Å². The van der Waals surface area contributed by atoms with Crippen molar-refractivity contribution in [2.75, 3.05) is 18.8 Å². The van der Waals surface area contributed by atoms with Gasteiger partial charge in [-0.1, -0.05) is 11.8 Å². The first kappa shape index (κ1) is 14.1. The summed E-state index contributed by atoms with van der Waals surface area (Å²) in [6, 6.07) is 3.03. The lowest BCUT2D eigenvalue weighted by Gasteiger charge is -2.41. The normalized spacial score (nSPS) is 21.6. The molecule has 1 aromatic rings. The Hall–Kier alpha value is -0.900. The summed E-state index contributed by atoms with van der Waals surface area (Å²) in [4.78, 5) is 25.2. The second kappa shape index (κ2) is 4.83. The number of nitrogens with zero attached hydrogens (tertiary/aromatic N) is 2. The van der Waals surface area contributed by atoms with Crippen LogP contribution >= 0.6 is 23.1 Å². The molecule has 3 heterocycles. The molecule has 108 valence electrons. The van der Waals surface area contributed by atoms with E-state index in [9.17, 15) is 18.0 Å². The lowest BCUT2D eigenvalue weighted by atomic mass is 10.1. The zero-order chi connectivity index (χ0) is 14.5. The van der Waals surface area contributed by atoms with Crippen LogP contribution in [0.3, 0.4) is 0 Å². The van der Waals surface area contributed by atoms with Gasteiger partial charge in [-0.2, -0.15) is 4.31 Å². The summed E-state index contributed by atoms with van der Waals surface area (Å²) in [7, 11) is -3.48. The largest absolute Gasteiger partial charge is 0.289 e. The number of sulfonamides is 1. The molecule has 3 rings (SSSR count). The third-order valence-corrected chi connectivity index (χ3v) is 7.42. The van der Waals surface area contributed by atoms with E-state index in [1.807, 2.05) is 6.92 Å². The van der Waals surface area contributed by atoms with Crippen LogP contribution in [0.2, 0.25) is 0 Å². The molecule has 0 aromatic carbocycles. The number of thiophene rings is 1. The van der Waals surface area contributed by atoms with Gasteiger partial charge in [-0.3, -0.25) is 14.5 Å². The molecule has 0 saturated carbocycles. The van der Waals surface area contributed by atoms with Gasteiger partial charge in [0.1, 0.15) is 4.21 Å². The predicted molar refractivity (Wildman–Crippen MR) is 76.3 cm³/mol. The van der Waals surface area contributed by atoms with E-state index >= 15 is 0 Å². The summed E-state index contributed by atoms with van der Waals surface area (Å²) in [6.45, 7) is 2.23. The van der Waals surface area contributed by atoms with Crippen LogP contribution < -0.4 is 0 Å². The topological polar surface area (TPSA) is 74.8 Å². The van der Waals surface area contributed by atoms with E-state index in [0.29, 0.717) is 4.21 Å². The third-order valence-electron chi connectivity index (χ3n) is 3.29. The molecular formula is C11H12N2O4S3. The minimum atomic E-state index is -3.48. The molecule has 0 atom stereocenters. The summed E-state index contributed by atoms with van der Waals surface area (Å²) in [5.74, 6) is -0.0688. The zero-order valence-corrected chi connectivity index (χ0v) is 13.1. The molecule has 6 nitrogen and oxygen atoms in total. The van der Waals surface area contributed by atoms with Gasteiger partial charge in [0, 0.05) is 18.0 Å². The number of aryl methyl sites for hydroxylation is 1. The highest BCUT2D eigenvalue weighted by atomic mass is 32.2. The van der Waals surface area contributed by atoms with Gasteiger partial charge in [-0.15, -0.1) is 11.3 Å². The van der Waals surface area contributed by atoms with E-state index < -0.39 is 10.0 Å². The SMILES string of the molecule is Cc1ccc(S(=O)(=O)N2CC(N3C(=O)CSC3=O)C2)s1. The number of thioether (sulfide) groups is 1. The zero-order valence-electron chi connectivity index (χ0n) is 10.6. The molecule has 9 heteroatoms. The van der Waals surface area contributed by atoms with Gasteiger partial charge in [0.25, 0.3) is 15.3 Å². The monoisotopic (exact) mass is 332 g/mol. The molecule has 2 aliphatic rings. The molecule has 0 radical (unpaired) electrons. The average Bonchev–Trinajstić information content (AvgIpc) is 2.88. The van der Waals surface area contributed by atoms with E-state index in [2.05, 4.69) is 0 Å². The van der Waals surface area contributed by atoms with Crippen molar-refractivity contribution < 1.29 is 18.0 Å². The van der Waals surface area contributed by atoms with Gasteiger partial charge in [-0.05, 0) is 19.1 Å². The second-order valence-corrected chi connectivity index (χ2v) is 9.04. The van der Waals surface area contributed by atoms with Crippen LogP contribution in [-0.4, -0.2) is 53.7 Å². The van der Waals surface area contributed by atoms with Gasteiger partial charge >= 0.3 is 0 Å². The Labute approximate surface area is 124 Å². The first-order valence-corrected chi connectivity index (χ1v) is 9.19. The summed E-state index contributed by atoms with van der Waals surface area (Å²) in [6.07, 6.45) is 0. The minimum absolute atomic E-state index is 0.159. The van der Waals surface area contributed by atoms with Crippen LogP contribution in [0.25, 0.3) is 0 Å². The maximum atomic E-state index is 12.3. The molecule has 0 bridgehead atoms. The lowest BCUT2D eigenvalue weighted by Crippen LogP contribution is -2.61.